The van der Waals surface area contributed by atoms with Gasteiger partial charge in [0.25, 0.3) is 0 Å². The first-order valence-corrected chi connectivity index (χ1v) is 8.03. The number of methoxy groups -OCH3 is 1. The molecule has 3 rings (SSSR count). The first-order chi connectivity index (χ1) is 11.1. The van der Waals surface area contributed by atoms with E-state index in [0.29, 0.717) is 26.1 Å². The first kappa shape index (κ1) is 15.8. The molecule has 0 aromatic heterocycles. The highest BCUT2D eigenvalue weighted by atomic mass is 16.5. The van der Waals surface area contributed by atoms with E-state index in [1.807, 2.05) is 36.1 Å². The fourth-order valence-corrected chi connectivity index (χ4v) is 3.49. The molecule has 6 nitrogen and oxygen atoms in total. The van der Waals surface area contributed by atoms with Gasteiger partial charge in [0.1, 0.15) is 0 Å². The summed E-state index contributed by atoms with van der Waals surface area (Å²) in [6.07, 6.45) is 1.25. The Labute approximate surface area is 136 Å². The Kier molecular flexibility index (Phi) is 4.52. The number of nitrogens with one attached hydrogen (secondary N) is 1. The van der Waals surface area contributed by atoms with Crippen molar-refractivity contribution in [3.63, 3.8) is 0 Å². The lowest BCUT2D eigenvalue weighted by atomic mass is 10.1. The minimum Gasteiger partial charge on any atom is -0.383 e. The van der Waals surface area contributed by atoms with Crippen LogP contribution in [0.25, 0.3) is 0 Å². The number of rotatable bonds is 4. The molecule has 2 aliphatic rings. The minimum absolute atomic E-state index is 0.0233. The van der Waals surface area contributed by atoms with Gasteiger partial charge in [-0.25, -0.2) is 4.79 Å². The van der Waals surface area contributed by atoms with E-state index in [2.05, 4.69) is 5.32 Å². The Morgan fingerprint density at radius 3 is 2.74 bits per heavy atom. The third-order valence-corrected chi connectivity index (χ3v) is 4.71. The van der Waals surface area contributed by atoms with Crippen molar-refractivity contribution in [1.29, 1.82) is 0 Å². The third-order valence-electron chi connectivity index (χ3n) is 4.71. The Bertz CT molecular complexity index is 587. The quantitative estimate of drug-likeness (QED) is 0.922. The highest BCUT2D eigenvalue weighted by Crippen LogP contribution is 2.32. The number of amides is 3. The fraction of sp³-hybridized carbons (Fsp3) is 0.529. The van der Waals surface area contributed by atoms with E-state index in [4.69, 9.17) is 4.74 Å². The Balaban J connectivity index is 1.64. The maximum Gasteiger partial charge on any atom is 0.322 e. The normalized spacial score (nSPS) is 23.3. The number of nitrogens with zero attached hydrogens (tertiary/aromatic N) is 2. The van der Waals surface area contributed by atoms with Gasteiger partial charge in [-0.05, 0) is 25.5 Å². The maximum absolute atomic E-state index is 12.5. The highest BCUT2D eigenvalue weighted by Gasteiger charge is 2.48. The van der Waals surface area contributed by atoms with Crippen molar-refractivity contribution in [1.82, 2.24) is 9.80 Å². The summed E-state index contributed by atoms with van der Waals surface area (Å²) in [7, 11) is 1.63. The summed E-state index contributed by atoms with van der Waals surface area (Å²) in [5.74, 6) is 0.116. The molecule has 3 amide bonds. The number of ether oxygens (including phenoxy) is 1. The Morgan fingerprint density at radius 1 is 1.30 bits per heavy atom. The van der Waals surface area contributed by atoms with Crippen molar-refractivity contribution in [3.8, 4) is 0 Å². The molecule has 0 aliphatic carbocycles. The van der Waals surface area contributed by atoms with E-state index < -0.39 is 0 Å². The van der Waals surface area contributed by atoms with Gasteiger partial charge in [0.05, 0.1) is 18.7 Å². The van der Waals surface area contributed by atoms with E-state index in [-0.39, 0.29) is 24.0 Å². The van der Waals surface area contributed by atoms with Crippen LogP contribution in [-0.2, 0) is 9.53 Å². The summed E-state index contributed by atoms with van der Waals surface area (Å²) in [5, 5.41) is 2.93. The smallest absolute Gasteiger partial charge is 0.322 e. The lowest BCUT2D eigenvalue weighted by Gasteiger charge is -2.25. The molecule has 2 unspecified atom stereocenters. The molecule has 1 N–H and O–H groups in total. The van der Waals surface area contributed by atoms with E-state index in [1.54, 1.807) is 12.0 Å². The van der Waals surface area contributed by atoms with Crippen LogP contribution in [0.5, 0.6) is 0 Å². The molecule has 0 spiro atoms. The Morgan fingerprint density at radius 2 is 2.04 bits per heavy atom. The van der Waals surface area contributed by atoms with Gasteiger partial charge in [0.2, 0.25) is 5.91 Å². The summed E-state index contributed by atoms with van der Waals surface area (Å²) in [4.78, 5) is 28.4. The second kappa shape index (κ2) is 6.58. The van der Waals surface area contributed by atoms with Crippen LogP contribution in [-0.4, -0.2) is 60.6 Å². The zero-order valence-corrected chi connectivity index (χ0v) is 13.6. The zero-order valence-electron chi connectivity index (χ0n) is 13.6. The molecule has 0 saturated carbocycles. The van der Waals surface area contributed by atoms with Crippen molar-refractivity contribution in [3.05, 3.63) is 29.8 Å². The molecule has 0 bridgehead atoms. The molecule has 2 heterocycles. The van der Waals surface area contributed by atoms with E-state index in [9.17, 15) is 9.59 Å². The molecule has 2 atom stereocenters. The van der Waals surface area contributed by atoms with Gasteiger partial charge in [-0.2, -0.15) is 0 Å². The lowest BCUT2D eigenvalue weighted by Crippen LogP contribution is -2.42. The zero-order chi connectivity index (χ0) is 16.4. The number of hydrogen-bond donors (Lipinski definition) is 1. The minimum atomic E-state index is -0.122. The lowest BCUT2D eigenvalue weighted by molar-refractivity contribution is -0.129. The van der Waals surface area contributed by atoms with Crippen LogP contribution in [0.1, 0.15) is 18.4 Å². The van der Waals surface area contributed by atoms with Crippen LogP contribution >= 0.6 is 0 Å². The third kappa shape index (κ3) is 3.17. The van der Waals surface area contributed by atoms with Crippen LogP contribution in [0, 0.1) is 6.92 Å². The fourth-order valence-electron chi connectivity index (χ4n) is 3.49. The SMILES string of the molecule is COCCN1C(=O)CC2C1CCN2C(=O)Nc1ccc(C)cc1. The van der Waals surface area contributed by atoms with Gasteiger partial charge in [-0.3, -0.25) is 4.79 Å². The summed E-state index contributed by atoms with van der Waals surface area (Å²) in [5.41, 5.74) is 1.93. The number of fused-ring (bicyclic) bond motifs is 1. The van der Waals surface area contributed by atoms with Crippen molar-refractivity contribution < 1.29 is 14.3 Å². The van der Waals surface area contributed by atoms with Crippen LogP contribution in [0.3, 0.4) is 0 Å². The number of hydrogen-bond acceptors (Lipinski definition) is 3. The number of carbonyl (C=O) groups excluding carboxylic acids is 2. The van der Waals surface area contributed by atoms with Gasteiger partial charge in [-0.1, -0.05) is 17.7 Å². The molecule has 6 heteroatoms. The van der Waals surface area contributed by atoms with Crippen molar-refractivity contribution in [2.24, 2.45) is 0 Å². The molecule has 0 radical (unpaired) electrons. The highest BCUT2D eigenvalue weighted by molar-refractivity contribution is 5.91. The topological polar surface area (TPSA) is 61.9 Å². The number of urea groups is 1. The average Bonchev–Trinajstić information content (AvgIpc) is 3.06. The molecule has 1 aromatic carbocycles. The molecule has 1 aromatic rings. The first-order valence-electron chi connectivity index (χ1n) is 8.03. The number of benzene rings is 1. The summed E-state index contributed by atoms with van der Waals surface area (Å²) in [6, 6.07) is 7.70. The summed E-state index contributed by atoms with van der Waals surface area (Å²) in [6.45, 7) is 3.83. The molecule has 124 valence electrons. The second-order valence-corrected chi connectivity index (χ2v) is 6.20. The van der Waals surface area contributed by atoms with Gasteiger partial charge in [0.15, 0.2) is 0 Å². The molecular formula is C17H23N3O3. The van der Waals surface area contributed by atoms with Crippen molar-refractivity contribution >= 4 is 17.6 Å². The molecule has 2 saturated heterocycles. The standard InChI is InChI=1S/C17H23N3O3/c1-12-3-5-13(6-4-12)18-17(22)20-8-7-14-15(20)11-16(21)19(14)9-10-23-2/h3-6,14-15H,7-11H2,1-2H3,(H,18,22). The van der Waals surface area contributed by atoms with E-state index >= 15 is 0 Å². The van der Waals surface area contributed by atoms with Gasteiger partial charge >= 0.3 is 6.03 Å². The number of likely N-dealkylation sites (tertiary alicyclic amines) is 2. The van der Waals surface area contributed by atoms with Crippen molar-refractivity contribution in [2.45, 2.75) is 31.8 Å². The monoisotopic (exact) mass is 317 g/mol. The number of aryl methyl sites for hydroxylation is 1. The largest absolute Gasteiger partial charge is 0.383 e. The van der Waals surface area contributed by atoms with Crippen molar-refractivity contribution in [2.75, 3.05) is 32.1 Å². The Hall–Kier alpha value is -2.08. The predicted octanol–water partition coefficient (Wildman–Crippen LogP) is 1.85. The molecular weight excluding hydrogens is 294 g/mol. The average molecular weight is 317 g/mol. The van der Waals surface area contributed by atoms with Crippen LogP contribution < -0.4 is 5.32 Å². The summed E-state index contributed by atoms with van der Waals surface area (Å²) < 4.78 is 5.08. The van der Waals surface area contributed by atoms with Gasteiger partial charge < -0.3 is 19.9 Å². The molecule has 2 fully saturated rings. The van der Waals surface area contributed by atoms with Crippen LogP contribution in [0.2, 0.25) is 0 Å². The summed E-state index contributed by atoms with van der Waals surface area (Å²) >= 11 is 0. The van der Waals surface area contributed by atoms with Gasteiger partial charge in [0, 0.05) is 32.3 Å². The van der Waals surface area contributed by atoms with Crippen LogP contribution in [0.15, 0.2) is 24.3 Å². The van der Waals surface area contributed by atoms with Gasteiger partial charge in [-0.15, -0.1) is 0 Å². The number of carbonyl (C=O) groups is 2. The number of anilines is 1. The maximum atomic E-state index is 12.5. The second-order valence-electron chi connectivity index (χ2n) is 6.20. The van der Waals surface area contributed by atoms with Crippen LogP contribution in [0.4, 0.5) is 10.5 Å². The molecule has 2 aliphatic heterocycles. The molecule has 23 heavy (non-hydrogen) atoms. The van der Waals surface area contributed by atoms with E-state index in [0.717, 1.165) is 17.7 Å². The van der Waals surface area contributed by atoms with E-state index in [1.165, 1.54) is 0 Å². The predicted molar refractivity (Wildman–Crippen MR) is 87.3 cm³/mol.